The molecule has 43 heavy (non-hydrogen) atoms. The molecule has 1 saturated carbocycles. The van der Waals surface area contributed by atoms with Gasteiger partial charge in [-0.2, -0.15) is 0 Å². The van der Waals surface area contributed by atoms with E-state index in [9.17, 15) is 19.2 Å². The number of nitrogens with zero attached hydrogens (tertiary/aromatic N) is 2. The first kappa shape index (κ1) is 32.0. The van der Waals surface area contributed by atoms with E-state index in [1.165, 1.54) is 24.3 Å². The Balaban J connectivity index is 1.40. The number of methoxy groups -OCH3 is 1. The standard InChI is InChI=1S/C32H42N4O7/c1-32(2,3)43-31(41)34-27(29(38)33-23-9-7-22(8-10-23)30(39)40)19-21-5-11-25(12-6-21)36-18-17-35(20-28(36)37)24-13-15-26(42-4)16-14-24/h5-12,24,26-27H,13-20H2,1-4H3,(H,33,38)(H,34,41)(H,39,40). The average molecular weight is 595 g/mol. The van der Waals surface area contributed by atoms with Crippen molar-refractivity contribution in [3.05, 3.63) is 59.7 Å². The number of aromatic carboxylic acids is 1. The van der Waals surface area contributed by atoms with E-state index in [2.05, 4.69) is 15.5 Å². The van der Waals surface area contributed by atoms with Gasteiger partial charge in [-0.1, -0.05) is 12.1 Å². The third-order valence-electron chi connectivity index (χ3n) is 7.84. The normalized spacial score (nSPS) is 20.3. The van der Waals surface area contributed by atoms with Crippen LogP contribution in [0.25, 0.3) is 0 Å². The number of ether oxygens (including phenoxy) is 2. The summed E-state index contributed by atoms with van der Waals surface area (Å²) < 4.78 is 10.9. The van der Waals surface area contributed by atoms with E-state index in [1.54, 1.807) is 32.8 Å². The molecule has 3 N–H and O–H groups in total. The van der Waals surface area contributed by atoms with Crippen LogP contribution in [-0.4, -0.2) is 84.4 Å². The molecule has 1 heterocycles. The van der Waals surface area contributed by atoms with Gasteiger partial charge in [0.15, 0.2) is 0 Å². The number of hydrogen-bond acceptors (Lipinski definition) is 7. The Morgan fingerprint density at radius 2 is 1.63 bits per heavy atom. The molecule has 2 aromatic carbocycles. The molecule has 0 radical (unpaired) electrons. The fourth-order valence-corrected chi connectivity index (χ4v) is 5.55. The summed E-state index contributed by atoms with van der Waals surface area (Å²) >= 11 is 0. The van der Waals surface area contributed by atoms with Gasteiger partial charge in [-0.15, -0.1) is 0 Å². The molecule has 4 rings (SSSR count). The predicted molar refractivity (Wildman–Crippen MR) is 162 cm³/mol. The molecule has 0 aromatic heterocycles. The summed E-state index contributed by atoms with van der Waals surface area (Å²) in [5, 5.41) is 14.5. The van der Waals surface area contributed by atoms with Gasteiger partial charge in [0, 0.05) is 44.0 Å². The van der Waals surface area contributed by atoms with Gasteiger partial charge in [0.2, 0.25) is 11.8 Å². The minimum Gasteiger partial charge on any atom is -0.478 e. The Hall–Kier alpha value is -3.96. The van der Waals surface area contributed by atoms with Crippen molar-refractivity contribution in [2.45, 2.75) is 76.7 Å². The van der Waals surface area contributed by atoms with Gasteiger partial charge in [-0.3, -0.25) is 14.5 Å². The second-order valence-corrected chi connectivity index (χ2v) is 12.1. The van der Waals surface area contributed by atoms with Crippen LogP contribution in [0.3, 0.4) is 0 Å². The van der Waals surface area contributed by atoms with E-state index in [0.717, 1.165) is 43.5 Å². The molecule has 2 aliphatic rings. The molecule has 1 aliphatic carbocycles. The highest BCUT2D eigenvalue weighted by Gasteiger charge is 2.32. The number of benzene rings is 2. The average Bonchev–Trinajstić information content (AvgIpc) is 2.96. The lowest BCUT2D eigenvalue weighted by Crippen LogP contribution is -2.54. The van der Waals surface area contributed by atoms with Crippen molar-refractivity contribution in [1.82, 2.24) is 10.2 Å². The van der Waals surface area contributed by atoms with Crippen molar-refractivity contribution >= 4 is 35.3 Å². The molecule has 2 aromatic rings. The molecule has 0 spiro atoms. The summed E-state index contributed by atoms with van der Waals surface area (Å²) in [5.41, 5.74) is 1.30. The second kappa shape index (κ2) is 14.0. The molecular weight excluding hydrogens is 552 g/mol. The third-order valence-corrected chi connectivity index (χ3v) is 7.84. The maximum absolute atomic E-state index is 13.2. The smallest absolute Gasteiger partial charge is 0.408 e. The zero-order chi connectivity index (χ0) is 31.1. The molecule has 3 amide bonds. The maximum Gasteiger partial charge on any atom is 0.408 e. The number of rotatable bonds is 9. The van der Waals surface area contributed by atoms with E-state index in [1.807, 2.05) is 24.3 Å². The zero-order valence-corrected chi connectivity index (χ0v) is 25.3. The minimum atomic E-state index is -1.07. The lowest BCUT2D eigenvalue weighted by atomic mass is 9.91. The van der Waals surface area contributed by atoms with Crippen molar-refractivity contribution < 1.29 is 33.8 Å². The van der Waals surface area contributed by atoms with Crippen molar-refractivity contribution in [3.8, 4) is 0 Å². The van der Waals surface area contributed by atoms with Crippen LogP contribution < -0.4 is 15.5 Å². The Kier molecular flexibility index (Phi) is 10.4. The van der Waals surface area contributed by atoms with Crippen LogP contribution in [0.1, 0.15) is 62.4 Å². The first-order valence-corrected chi connectivity index (χ1v) is 14.7. The summed E-state index contributed by atoms with van der Waals surface area (Å²) in [6.45, 7) is 7.01. The lowest BCUT2D eigenvalue weighted by molar-refractivity contribution is -0.122. The highest BCUT2D eigenvalue weighted by molar-refractivity contribution is 5.97. The molecule has 1 saturated heterocycles. The van der Waals surface area contributed by atoms with Crippen LogP contribution in [0, 0.1) is 0 Å². The largest absolute Gasteiger partial charge is 0.478 e. The molecule has 232 valence electrons. The van der Waals surface area contributed by atoms with Gasteiger partial charge in [-0.05, 0) is 88.4 Å². The van der Waals surface area contributed by atoms with Crippen LogP contribution in [-0.2, 0) is 25.5 Å². The summed E-state index contributed by atoms with van der Waals surface area (Å²) in [6.07, 6.45) is 3.89. The van der Waals surface area contributed by atoms with E-state index in [0.29, 0.717) is 30.9 Å². The van der Waals surface area contributed by atoms with Gasteiger partial charge < -0.3 is 30.1 Å². The Morgan fingerprint density at radius 1 is 0.977 bits per heavy atom. The van der Waals surface area contributed by atoms with E-state index < -0.39 is 29.6 Å². The van der Waals surface area contributed by atoms with Gasteiger partial charge in [-0.25, -0.2) is 9.59 Å². The van der Waals surface area contributed by atoms with Gasteiger partial charge in [0.25, 0.3) is 0 Å². The summed E-state index contributed by atoms with van der Waals surface area (Å²) in [4.78, 5) is 54.1. The monoisotopic (exact) mass is 594 g/mol. The zero-order valence-electron chi connectivity index (χ0n) is 25.3. The third kappa shape index (κ3) is 9.01. The molecule has 1 atom stereocenters. The number of carbonyl (C=O) groups is 4. The molecule has 11 heteroatoms. The van der Waals surface area contributed by atoms with E-state index >= 15 is 0 Å². The van der Waals surface area contributed by atoms with Crippen molar-refractivity contribution in [2.24, 2.45) is 0 Å². The number of piperazine rings is 1. The lowest BCUT2D eigenvalue weighted by Gasteiger charge is -2.41. The van der Waals surface area contributed by atoms with Crippen LogP contribution >= 0.6 is 0 Å². The predicted octanol–water partition coefficient (Wildman–Crippen LogP) is 4.07. The summed E-state index contributed by atoms with van der Waals surface area (Å²) in [6, 6.07) is 12.6. The second-order valence-electron chi connectivity index (χ2n) is 12.1. The number of carboxylic acids is 1. The molecule has 0 bridgehead atoms. The summed E-state index contributed by atoms with van der Waals surface area (Å²) in [7, 11) is 1.76. The number of amides is 3. The molecule has 1 unspecified atom stereocenters. The fraction of sp³-hybridized carbons (Fsp3) is 0.500. The number of anilines is 2. The highest BCUT2D eigenvalue weighted by Crippen LogP contribution is 2.27. The first-order valence-electron chi connectivity index (χ1n) is 14.7. The van der Waals surface area contributed by atoms with Crippen LogP contribution in [0.15, 0.2) is 48.5 Å². The van der Waals surface area contributed by atoms with E-state index in [-0.39, 0.29) is 17.9 Å². The fourth-order valence-electron chi connectivity index (χ4n) is 5.55. The number of carbonyl (C=O) groups excluding carboxylic acids is 3. The van der Waals surface area contributed by atoms with Crippen molar-refractivity contribution in [1.29, 1.82) is 0 Å². The Morgan fingerprint density at radius 3 is 2.19 bits per heavy atom. The first-order chi connectivity index (χ1) is 20.4. The topological polar surface area (TPSA) is 138 Å². The van der Waals surface area contributed by atoms with Gasteiger partial charge in [0.1, 0.15) is 11.6 Å². The van der Waals surface area contributed by atoms with Crippen molar-refractivity contribution in [3.63, 3.8) is 0 Å². The number of nitrogens with one attached hydrogen (secondary N) is 2. The highest BCUT2D eigenvalue weighted by atomic mass is 16.6. The molecule has 2 fully saturated rings. The van der Waals surface area contributed by atoms with Crippen LogP contribution in [0.2, 0.25) is 0 Å². The molecular formula is C32H42N4O7. The van der Waals surface area contributed by atoms with Crippen LogP contribution in [0.4, 0.5) is 16.2 Å². The minimum absolute atomic E-state index is 0.0608. The Bertz CT molecular complexity index is 1280. The van der Waals surface area contributed by atoms with E-state index in [4.69, 9.17) is 14.6 Å². The van der Waals surface area contributed by atoms with Crippen LogP contribution in [0.5, 0.6) is 0 Å². The number of hydrogen-bond donors (Lipinski definition) is 3. The molecule has 11 nitrogen and oxygen atoms in total. The number of alkyl carbamates (subject to hydrolysis) is 1. The summed E-state index contributed by atoms with van der Waals surface area (Å²) in [5.74, 6) is -1.49. The van der Waals surface area contributed by atoms with Crippen molar-refractivity contribution in [2.75, 3.05) is 37.0 Å². The van der Waals surface area contributed by atoms with Gasteiger partial charge in [0.05, 0.1) is 18.2 Å². The molecule has 1 aliphatic heterocycles. The maximum atomic E-state index is 13.2. The number of carboxylic acid groups (broad SMARTS) is 1. The quantitative estimate of drug-likeness (QED) is 0.395. The van der Waals surface area contributed by atoms with Gasteiger partial charge >= 0.3 is 12.1 Å². The Labute approximate surface area is 252 Å². The SMILES string of the molecule is COC1CCC(N2CCN(c3ccc(CC(NC(=O)OC(C)(C)C)C(=O)Nc4ccc(C(=O)O)cc4)cc3)C(=O)C2)CC1.